The molecule has 2 rings (SSSR count). The zero-order valence-corrected chi connectivity index (χ0v) is 11.6. The van der Waals surface area contributed by atoms with E-state index >= 15 is 0 Å². The van der Waals surface area contributed by atoms with Crippen molar-refractivity contribution >= 4 is 27.5 Å². The zero-order valence-electron chi connectivity index (χ0n) is 9.99. The molecule has 5 heteroatoms. The van der Waals surface area contributed by atoms with Crippen molar-refractivity contribution in [2.75, 3.05) is 5.73 Å². The molecule has 0 unspecified atom stereocenters. The van der Waals surface area contributed by atoms with Gasteiger partial charge < -0.3 is 11.1 Å². The summed E-state index contributed by atoms with van der Waals surface area (Å²) in [5.41, 5.74) is 7.16. The molecule has 3 N–H and O–H groups in total. The number of rotatable bonds is 3. The van der Waals surface area contributed by atoms with Gasteiger partial charge in [-0.05, 0) is 35.9 Å². The maximum atomic E-state index is 13.6. The van der Waals surface area contributed by atoms with Crippen LogP contribution in [0.5, 0.6) is 0 Å². The van der Waals surface area contributed by atoms with E-state index in [1.54, 1.807) is 18.2 Å². The number of anilines is 1. The predicted molar refractivity (Wildman–Crippen MR) is 76.1 cm³/mol. The maximum absolute atomic E-state index is 13.6. The Bertz CT molecular complexity index is 599. The van der Waals surface area contributed by atoms with Crippen molar-refractivity contribution in [2.24, 2.45) is 0 Å². The molecule has 2 aromatic carbocycles. The number of hydrogen-bond acceptors (Lipinski definition) is 2. The van der Waals surface area contributed by atoms with Gasteiger partial charge in [-0.1, -0.05) is 28.1 Å². The summed E-state index contributed by atoms with van der Waals surface area (Å²) in [7, 11) is 0. The van der Waals surface area contributed by atoms with Crippen LogP contribution in [0.2, 0.25) is 0 Å². The highest BCUT2D eigenvalue weighted by Crippen LogP contribution is 2.15. The molecule has 0 radical (unpaired) electrons. The molecule has 98 valence electrons. The lowest BCUT2D eigenvalue weighted by molar-refractivity contribution is 0.0947. The van der Waals surface area contributed by atoms with Crippen LogP contribution in [0.25, 0.3) is 0 Å². The summed E-state index contributed by atoms with van der Waals surface area (Å²) in [4.78, 5) is 11.8. The van der Waals surface area contributed by atoms with Crippen molar-refractivity contribution in [3.8, 4) is 0 Å². The van der Waals surface area contributed by atoms with E-state index < -0.39 is 11.7 Å². The third kappa shape index (κ3) is 3.54. The topological polar surface area (TPSA) is 55.1 Å². The summed E-state index contributed by atoms with van der Waals surface area (Å²) in [5, 5.41) is 2.66. The molecule has 2 aromatic rings. The molecular weight excluding hydrogens is 311 g/mol. The number of carbonyl (C=O) groups is 1. The molecule has 0 saturated carbocycles. The fraction of sp³-hybridized carbons (Fsp3) is 0.0714. The summed E-state index contributed by atoms with van der Waals surface area (Å²) in [5.74, 6) is -0.994. The molecule has 0 saturated heterocycles. The summed E-state index contributed by atoms with van der Waals surface area (Å²) in [6.45, 7) is 0.328. The van der Waals surface area contributed by atoms with Gasteiger partial charge >= 0.3 is 0 Å². The van der Waals surface area contributed by atoms with E-state index in [4.69, 9.17) is 5.73 Å². The molecular formula is C14H12BrFN2O. The standard InChI is InChI=1S/C14H12BrFN2O/c15-10-3-6-12(13(16)7-10)14(19)18-8-9-1-4-11(17)5-2-9/h1-7H,8,17H2,(H,18,19). The van der Waals surface area contributed by atoms with Gasteiger partial charge in [0.2, 0.25) is 0 Å². The highest BCUT2D eigenvalue weighted by atomic mass is 79.9. The van der Waals surface area contributed by atoms with E-state index in [1.165, 1.54) is 12.1 Å². The Morgan fingerprint density at radius 2 is 1.89 bits per heavy atom. The Kier molecular flexibility index (Phi) is 4.16. The maximum Gasteiger partial charge on any atom is 0.254 e. The Morgan fingerprint density at radius 3 is 2.53 bits per heavy atom. The number of amides is 1. The van der Waals surface area contributed by atoms with E-state index in [9.17, 15) is 9.18 Å². The molecule has 0 fully saturated rings. The van der Waals surface area contributed by atoms with E-state index in [2.05, 4.69) is 21.2 Å². The minimum absolute atomic E-state index is 0.0265. The lowest BCUT2D eigenvalue weighted by Gasteiger charge is -2.07. The van der Waals surface area contributed by atoms with Gasteiger partial charge in [0.15, 0.2) is 0 Å². The van der Waals surface area contributed by atoms with Gasteiger partial charge in [-0.15, -0.1) is 0 Å². The SMILES string of the molecule is Nc1ccc(CNC(=O)c2ccc(Br)cc2F)cc1. The second kappa shape index (κ2) is 5.84. The Hall–Kier alpha value is -1.88. The van der Waals surface area contributed by atoms with Gasteiger partial charge in [-0.3, -0.25) is 4.79 Å². The molecule has 19 heavy (non-hydrogen) atoms. The summed E-state index contributed by atoms with van der Waals surface area (Å²) in [6, 6.07) is 11.5. The van der Waals surface area contributed by atoms with Crippen LogP contribution in [0, 0.1) is 5.82 Å². The first kappa shape index (κ1) is 13.5. The second-order valence-electron chi connectivity index (χ2n) is 4.05. The van der Waals surface area contributed by atoms with Crippen LogP contribution in [0.15, 0.2) is 46.9 Å². The smallest absolute Gasteiger partial charge is 0.254 e. The average Bonchev–Trinajstić information content (AvgIpc) is 2.37. The quantitative estimate of drug-likeness (QED) is 0.853. The number of nitrogens with one attached hydrogen (secondary N) is 1. The predicted octanol–water partition coefficient (Wildman–Crippen LogP) is 3.10. The molecule has 0 aliphatic rings. The third-order valence-corrected chi connectivity index (χ3v) is 3.10. The number of nitrogens with two attached hydrogens (primary N) is 1. The Balaban J connectivity index is 2.03. The average molecular weight is 323 g/mol. The second-order valence-corrected chi connectivity index (χ2v) is 4.96. The van der Waals surface area contributed by atoms with Crippen molar-refractivity contribution in [1.82, 2.24) is 5.32 Å². The lowest BCUT2D eigenvalue weighted by atomic mass is 10.1. The largest absolute Gasteiger partial charge is 0.399 e. The van der Waals surface area contributed by atoms with Crippen molar-refractivity contribution < 1.29 is 9.18 Å². The highest BCUT2D eigenvalue weighted by molar-refractivity contribution is 9.10. The van der Waals surface area contributed by atoms with Crippen molar-refractivity contribution in [3.63, 3.8) is 0 Å². The molecule has 0 heterocycles. The molecule has 3 nitrogen and oxygen atoms in total. The van der Waals surface area contributed by atoms with Crippen LogP contribution in [0.1, 0.15) is 15.9 Å². The van der Waals surface area contributed by atoms with Gasteiger partial charge in [0.05, 0.1) is 5.56 Å². The van der Waals surface area contributed by atoms with Crippen molar-refractivity contribution in [1.29, 1.82) is 0 Å². The van der Waals surface area contributed by atoms with Crippen LogP contribution in [-0.4, -0.2) is 5.91 Å². The molecule has 0 spiro atoms. The fourth-order valence-corrected chi connectivity index (χ4v) is 1.92. The van der Waals surface area contributed by atoms with E-state index in [1.807, 2.05) is 12.1 Å². The number of carbonyl (C=O) groups excluding carboxylic acids is 1. The van der Waals surface area contributed by atoms with Crippen LogP contribution >= 0.6 is 15.9 Å². The van der Waals surface area contributed by atoms with E-state index in [0.29, 0.717) is 16.7 Å². The Labute approximate surface area is 118 Å². The van der Waals surface area contributed by atoms with Gasteiger partial charge in [0, 0.05) is 16.7 Å². The molecule has 0 aromatic heterocycles. The van der Waals surface area contributed by atoms with Crippen LogP contribution in [0.4, 0.5) is 10.1 Å². The monoisotopic (exact) mass is 322 g/mol. The van der Waals surface area contributed by atoms with Crippen molar-refractivity contribution in [2.45, 2.75) is 6.54 Å². The molecule has 1 amide bonds. The number of halogens is 2. The van der Waals surface area contributed by atoms with Gasteiger partial charge in [0.1, 0.15) is 5.82 Å². The summed E-state index contributed by atoms with van der Waals surface area (Å²) in [6.07, 6.45) is 0. The molecule has 0 aliphatic heterocycles. The zero-order chi connectivity index (χ0) is 13.8. The first-order valence-electron chi connectivity index (χ1n) is 5.64. The van der Waals surface area contributed by atoms with Crippen molar-refractivity contribution in [3.05, 3.63) is 63.9 Å². The minimum Gasteiger partial charge on any atom is -0.399 e. The van der Waals surface area contributed by atoms with Gasteiger partial charge in [-0.25, -0.2) is 4.39 Å². The summed E-state index contributed by atoms with van der Waals surface area (Å²) >= 11 is 3.14. The number of hydrogen-bond donors (Lipinski definition) is 2. The van der Waals surface area contributed by atoms with Crippen LogP contribution in [-0.2, 0) is 6.54 Å². The molecule has 0 bridgehead atoms. The van der Waals surface area contributed by atoms with Crippen LogP contribution < -0.4 is 11.1 Å². The minimum atomic E-state index is -0.552. The summed E-state index contributed by atoms with van der Waals surface area (Å²) < 4.78 is 14.2. The fourth-order valence-electron chi connectivity index (χ4n) is 1.59. The normalized spacial score (nSPS) is 10.2. The van der Waals surface area contributed by atoms with E-state index in [-0.39, 0.29) is 5.56 Å². The molecule has 0 atom stereocenters. The number of benzene rings is 2. The first-order valence-corrected chi connectivity index (χ1v) is 6.43. The highest BCUT2D eigenvalue weighted by Gasteiger charge is 2.11. The van der Waals surface area contributed by atoms with Gasteiger partial charge in [-0.2, -0.15) is 0 Å². The van der Waals surface area contributed by atoms with E-state index in [0.717, 1.165) is 5.56 Å². The molecule has 0 aliphatic carbocycles. The first-order chi connectivity index (χ1) is 9.06. The number of nitrogen functional groups attached to an aromatic ring is 1. The lowest BCUT2D eigenvalue weighted by Crippen LogP contribution is -2.23. The van der Waals surface area contributed by atoms with Gasteiger partial charge in [0.25, 0.3) is 5.91 Å². The third-order valence-electron chi connectivity index (χ3n) is 2.61. The Morgan fingerprint density at radius 1 is 1.21 bits per heavy atom. The van der Waals surface area contributed by atoms with Crippen LogP contribution in [0.3, 0.4) is 0 Å².